The van der Waals surface area contributed by atoms with E-state index in [1.54, 1.807) is 27.7 Å². The summed E-state index contributed by atoms with van der Waals surface area (Å²) in [6.45, 7) is 10.3. The van der Waals surface area contributed by atoms with Crippen LogP contribution in [-0.4, -0.2) is 37.7 Å². The number of ether oxygens (including phenoxy) is 2. The second kappa shape index (κ2) is 11.4. The van der Waals surface area contributed by atoms with E-state index >= 15 is 0 Å². The number of ketones is 2. The van der Waals surface area contributed by atoms with Crippen LogP contribution in [0.1, 0.15) is 27.7 Å². The smallest absolute Gasteiger partial charge is 0.340 e. The molecule has 0 saturated heterocycles. The third-order valence-corrected chi connectivity index (χ3v) is 2.41. The molecule has 0 unspecified atom stereocenters. The third-order valence-electron chi connectivity index (χ3n) is 2.41. The van der Waals surface area contributed by atoms with E-state index in [4.69, 9.17) is 0 Å². The van der Waals surface area contributed by atoms with Crippen molar-refractivity contribution in [3.05, 3.63) is 24.3 Å². The summed E-state index contributed by atoms with van der Waals surface area (Å²) in [7, 11) is 2.49. The van der Waals surface area contributed by atoms with Crippen molar-refractivity contribution in [1.29, 1.82) is 0 Å². The number of hydrogen-bond acceptors (Lipinski definition) is 6. The van der Waals surface area contributed by atoms with Crippen LogP contribution in [0.3, 0.4) is 0 Å². The largest absolute Gasteiger partial charge is 0.466 e. The quantitative estimate of drug-likeness (QED) is 0.322. The normalized spacial score (nSPS) is 10.0. The van der Waals surface area contributed by atoms with Crippen molar-refractivity contribution in [2.24, 2.45) is 11.8 Å². The van der Waals surface area contributed by atoms with Gasteiger partial charge in [0.05, 0.1) is 19.8 Å². The second-order valence-electron chi connectivity index (χ2n) is 4.90. The molecule has 0 aromatic rings. The second-order valence-corrected chi connectivity index (χ2v) is 4.90. The fourth-order valence-corrected chi connectivity index (χ4v) is 0.983. The number of carbonyl (C=O) groups excluding carboxylic acids is 4. The standard InChI is InChI=1S/2C8H12O3/c1-6(2)7(9)4-5-8(10)11-3;1-5(2)7(9)6(3)8(10)11-4/h4-6H,1-3H3;5H,3H2,1-2,4H3/b5-4+;. The van der Waals surface area contributed by atoms with Crippen LogP contribution in [0.4, 0.5) is 0 Å². The molecule has 0 aliphatic heterocycles. The SMILES string of the molecule is C=C(C(=O)OC)C(=O)C(C)C.COC(=O)/C=C/C(=O)C(C)C. The summed E-state index contributed by atoms with van der Waals surface area (Å²) >= 11 is 0. The molecule has 0 amide bonds. The first kappa shape index (κ1) is 22.0. The predicted molar refractivity (Wildman–Crippen MR) is 82.0 cm³/mol. The van der Waals surface area contributed by atoms with Gasteiger partial charge in [0.15, 0.2) is 11.6 Å². The van der Waals surface area contributed by atoms with Gasteiger partial charge in [0.1, 0.15) is 0 Å². The lowest BCUT2D eigenvalue weighted by Crippen LogP contribution is -2.17. The van der Waals surface area contributed by atoms with E-state index in [0.29, 0.717) is 0 Å². The average molecular weight is 312 g/mol. The molecule has 0 heterocycles. The lowest BCUT2D eigenvalue weighted by atomic mass is 10.0. The van der Waals surface area contributed by atoms with Gasteiger partial charge < -0.3 is 9.47 Å². The molecule has 0 atom stereocenters. The van der Waals surface area contributed by atoms with Crippen LogP contribution in [0, 0.1) is 11.8 Å². The molecular formula is C16H24O6. The maximum atomic E-state index is 11.0. The zero-order chi connectivity index (χ0) is 17.9. The van der Waals surface area contributed by atoms with Gasteiger partial charge in [0, 0.05) is 17.9 Å². The van der Waals surface area contributed by atoms with Gasteiger partial charge in [-0.3, -0.25) is 9.59 Å². The summed E-state index contributed by atoms with van der Waals surface area (Å²) in [5.41, 5.74) is -0.0810. The van der Waals surface area contributed by atoms with Crippen LogP contribution < -0.4 is 0 Å². The van der Waals surface area contributed by atoms with E-state index in [1.165, 1.54) is 20.3 Å². The Bertz CT molecular complexity index is 457. The van der Waals surface area contributed by atoms with Gasteiger partial charge in [-0.25, -0.2) is 9.59 Å². The van der Waals surface area contributed by atoms with Crippen LogP contribution in [-0.2, 0) is 28.7 Å². The molecule has 0 rings (SSSR count). The minimum absolute atomic E-state index is 0.0732. The molecule has 0 saturated carbocycles. The predicted octanol–water partition coefficient (Wildman–Crippen LogP) is 1.88. The van der Waals surface area contributed by atoms with Crippen molar-refractivity contribution in [3.8, 4) is 0 Å². The third kappa shape index (κ3) is 9.63. The number of carbonyl (C=O) groups is 4. The van der Waals surface area contributed by atoms with Gasteiger partial charge in [-0.05, 0) is 6.08 Å². The van der Waals surface area contributed by atoms with Gasteiger partial charge in [-0.15, -0.1) is 0 Å². The highest BCUT2D eigenvalue weighted by molar-refractivity contribution is 6.17. The van der Waals surface area contributed by atoms with Gasteiger partial charge in [0.25, 0.3) is 0 Å². The lowest BCUT2D eigenvalue weighted by Gasteiger charge is -2.04. The number of hydrogen-bond donors (Lipinski definition) is 0. The number of methoxy groups -OCH3 is 2. The first-order chi connectivity index (χ1) is 10.1. The summed E-state index contributed by atoms with van der Waals surface area (Å²) < 4.78 is 8.63. The molecule has 0 N–H and O–H groups in total. The van der Waals surface area contributed by atoms with Gasteiger partial charge in [-0.2, -0.15) is 0 Å². The summed E-state index contributed by atoms with van der Waals surface area (Å²) in [4.78, 5) is 43.1. The van der Waals surface area contributed by atoms with Crippen LogP contribution in [0.2, 0.25) is 0 Å². The molecule has 0 aliphatic carbocycles. The van der Waals surface area contributed by atoms with Crippen LogP contribution in [0.25, 0.3) is 0 Å². The van der Waals surface area contributed by atoms with Crippen LogP contribution in [0.15, 0.2) is 24.3 Å². The Morgan fingerprint density at radius 1 is 0.864 bits per heavy atom. The van der Waals surface area contributed by atoms with E-state index in [2.05, 4.69) is 16.1 Å². The van der Waals surface area contributed by atoms with Gasteiger partial charge in [-0.1, -0.05) is 34.3 Å². The van der Waals surface area contributed by atoms with Gasteiger partial charge >= 0.3 is 11.9 Å². The summed E-state index contributed by atoms with van der Waals surface area (Å²) in [6.07, 6.45) is 2.36. The molecule has 0 bridgehead atoms. The number of Topliss-reactive ketones (excluding diaryl/α,β-unsaturated/α-hetero) is 1. The Labute approximate surface area is 131 Å². The van der Waals surface area contributed by atoms with E-state index < -0.39 is 11.9 Å². The van der Waals surface area contributed by atoms with Crippen molar-refractivity contribution in [3.63, 3.8) is 0 Å². The van der Waals surface area contributed by atoms with Crippen LogP contribution >= 0.6 is 0 Å². The molecule has 0 aromatic heterocycles. The molecule has 6 heteroatoms. The molecule has 0 radical (unpaired) electrons. The highest BCUT2D eigenvalue weighted by atomic mass is 16.5. The monoisotopic (exact) mass is 312 g/mol. The number of allylic oxidation sites excluding steroid dienone is 1. The van der Waals surface area contributed by atoms with Crippen LogP contribution in [0.5, 0.6) is 0 Å². The Morgan fingerprint density at radius 2 is 1.36 bits per heavy atom. The fraction of sp³-hybridized carbons (Fsp3) is 0.500. The van der Waals surface area contributed by atoms with E-state index in [1.807, 2.05) is 0 Å². The first-order valence-electron chi connectivity index (χ1n) is 6.69. The molecule has 0 aliphatic rings. The summed E-state index contributed by atoms with van der Waals surface area (Å²) in [6, 6.07) is 0. The molecular weight excluding hydrogens is 288 g/mol. The van der Waals surface area contributed by atoms with Gasteiger partial charge in [0.2, 0.25) is 0 Å². The molecule has 0 spiro atoms. The minimum atomic E-state index is -0.649. The van der Waals surface area contributed by atoms with E-state index in [9.17, 15) is 19.2 Å². The summed E-state index contributed by atoms with van der Waals surface area (Å²) in [5, 5.41) is 0. The van der Waals surface area contributed by atoms with Crippen molar-refractivity contribution in [2.75, 3.05) is 14.2 Å². The number of rotatable bonds is 6. The zero-order valence-corrected chi connectivity index (χ0v) is 14.0. The topological polar surface area (TPSA) is 86.7 Å². The van der Waals surface area contributed by atoms with E-state index in [-0.39, 0.29) is 29.0 Å². The maximum Gasteiger partial charge on any atom is 0.340 e. The first-order valence-corrected chi connectivity index (χ1v) is 6.69. The zero-order valence-electron chi connectivity index (χ0n) is 14.0. The highest BCUT2D eigenvalue weighted by Crippen LogP contribution is 2.04. The maximum absolute atomic E-state index is 11.0. The van der Waals surface area contributed by atoms with Crippen molar-refractivity contribution in [2.45, 2.75) is 27.7 Å². The summed E-state index contributed by atoms with van der Waals surface area (Å²) in [5.74, 6) is -1.77. The molecule has 0 fully saturated rings. The molecule has 6 nitrogen and oxygen atoms in total. The molecule has 22 heavy (non-hydrogen) atoms. The van der Waals surface area contributed by atoms with E-state index in [0.717, 1.165) is 6.08 Å². The molecule has 124 valence electrons. The number of esters is 2. The Hall–Kier alpha value is -2.24. The van der Waals surface area contributed by atoms with Crippen molar-refractivity contribution >= 4 is 23.5 Å². The average Bonchev–Trinajstić information content (AvgIpc) is 2.49. The molecule has 0 aromatic carbocycles. The Morgan fingerprint density at radius 3 is 1.68 bits per heavy atom. The fourth-order valence-electron chi connectivity index (χ4n) is 0.983. The minimum Gasteiger partial charge on any atom is -0.466 e. The highest BCUT2D eigenvalue weighted by Gasteiger charge is 2.18. The Kier molecular flexibility index (Phi) is 11.4. The van der Waals surface area contributed by atoms with Crippen molar-refractivity contribution in [1.82, 2.24) is 0 Å². The Balaban J connectivity index is 0. The lowest BCUT2D eigenvalue weighted by molar-refractivity contribution is -0.138. The van der Waals surface area contributed by atoms with Crippen molar-refractivity contribution < 1.29 is 28.7 Å².